The fraction of sp³-hybridized carbons (Fsp3) is 0.529. The zero-order valence-electron chi connectivity index (χ0n) is 13.7. The average molecular weight is 354 g/mol. The molecule has 1 aliphatic carbocycles. The summed E-state index contributed by atoms with van der Waals surface area (Å²) in [5.74, 6) is 0.690. The van der Waals surface area contributed by atoms with Crippen LogP contribution in [-0.4, -0.2) is 38.1 Å². The molecule has 1 aromatic carbocycles. The van der Waals surface area contributed by atoms with E-state index in [0.717, 1.165) is 12.8 Å². The number of halogens is 1. The number of benzene rings is 1. The molecule has 0 spiro atoms. The van der Waals surface area contributed by atoms with E-state index in [2.05, 4.69) is 5.32 Å². The Morgan fingerprint density at radius 2 is 2.12 bits per heavy atom. The number of hydrogen-bond donors (Lipinski definition) is 2. The molecule has 1 aliphatic heterocycles. The molecule has 3 rings (SSSR count). The van der Waals surface area contributed by atoms with E-state index in [1.807, 2.05) is 24.3 Å². The first-order valence-corrected chi connectivity index (χ1v) is 8.08. The molecule has 2 atom stereocenters. The number of nitrogens with zero attached hydrogens (tertiary/aromatic N) is 1. The molecule has 2 unspecified atom stereocenters. The third-order valence-electron chi connectivity index (χ3n) is 4.64. The molecule has 1 heterocycles. The molecule has 6 nitrogen and oxygen atoms in total. The van der Waals surface area contributed by atoms with Gasteiger partial charge in [0.05, 0.1) is 18.7 Å². The van der Waals surface area contributed by atoms with Crippen LogP contribution in [0.4, 0.5) is 5.69 Å². The summed E-state index contributed by atoms with van der Waals surface area (Å²) in [6.07, 6.45) is 2.48. The monoisotopic (exact) mass is 353 g/mol. The van der Waals surface area contributed by atoms with E-state index in [1.54, 1.807) is 12.0 Å². The highest BCUT2D eigenvalue weighted by Gasteiger charge is 2.38. The standard InChI is InChI=1S/C17H23N3O3.ClH/c1-23-15-5-3-2-4-14(15)20-10-12(8-16(20)21)17(22)19-13(9-18)11-6-7-11;/h2-5,11-13H,6-10,18H2,1H3,(H,19,22);1H. The van der Waals surface area contributed by atoms with Crippen LogP contribution in [0.25, 0.3) is 0 Å². The first kappa shape index (κ1) is 18.5. The number of ether oxygens (including phenoxy) is 1. The highest BCUT2D eigenvalue weighted by Crippen LogP contribution is 2.34. The minimum Gasteiger partial charge on any atom is -0.495 e. The average Bonchev–Trinajstić information content (AvgIpc) is 3.34. The third-order valence-corrected chi connectivity index (χ3v) is 4.64. The van der Waals surface area contributed by atoms with Crippen LogP contribution in [0.2, 0.25) is 0 Å². The van der Waals surface area contributed by atoms with Gasteiger partial charge in [-0.05, 0) is 30.9 Å². The number of amides is 2. The molecular weight excluding hydrogens is 330 g/mol. The maximum Gasteiger partial charge on any atom is 0.227 e. The lowest BCUT2D eigenvalue weighted by molar-refractivity contribution is -0.127. The van der Waals surface area contributed by atoms with E-state index < -0.39 is 0 Å². The molecule has 1 aromatic rings. The summed E-state index contributed by atoms with van der Waals surface area (Å²) in [6.45, 7) is 0.834. The van der Waals surface area contributed by atoms with Crippen molar-refractivity contribution in [1.29, 1.82) is 0 Å². The Balaban J connectivity index is 0.00000208. The van der Waals surface area contributed by atoms with E-state index in [4.69, 9.17) is 10.5 Å². The van der Waals surface area contributed by atoms with Gasteiger partial charge in [0.15, 0.2) is 0 Å². The fourth-order valence-corrected chi connectivity index (χ4v) is 3.14. The molecule has 2 fully saturated rings. The first-order chi connectivity index (χ1) is 11.1. The molecule has 24 heavy (non-hydrogen) atoms. The number of nitrogens with two attached hydrogens (primary N) is 1. The van der Waals surface area contributed by atoms with Crippen molar-refractivity contribution in [3.05, 3.63) is 24.3 Å². The summed E-state index contributed by atoms with van der Waals surface area (Å²) in [4.78, 5) is 26.4. The van der Waals surface area contributed by atoms with Gasteiger partial charge >= 0.3 is 0 Å². The van der Waals surface area contributed by atoms with Crippen LogP contribution in [0.3, 0.4) is 0 Å². The summed E-state index contributed by atoms with van der Waals surface area (Å²) in [5.41, 5.74) is 6.45. The Kier molecular flexibility index (Phi) is 6.07. The molecule has 3 N–H and O–H groups in total. The second-order valence-electron chi connectivity index (χ2n) is 6.27. The Morgan fingerprint density at radius 3 is 2.75 bits per heavy atom. The maximum absolute atomic E-state index is 12.4. The minimum absolute atomic E-state index is 0. The zero-order chi connectivity index (χ0) is 16.4. The van der Waals surface area contributed by atoms with E-state index in [0.29, 0.717) is 30.4 Å². The quantitative estimate of drug-likeness (QED) is 0.807. The highest BCUT2D eigenvalue weighted by molar-refractivity contribution is 6.01. The minimum atomic E-state index is -0.333. The predicted octanol–water partition coefficient (Wildman–Crippen LogP) is 1.32. The summed E-state index contributed by atoms with van der Waals surface area (Å²) < 4.78 is 5.31. The number of carbonyl (C=O) groups is 2. The van der Waals surface area contributed by atoms with Gasteiger partial charge in [-0.2, -0.15) is 0 Å². The Bertz CT molecular complexity index is 606. The van der Waals surface area contributed by atoms with Gasteiger partial charge in [-0.25, -0.2) is 0 Å². The van der Waals surface area contributed by atoms with Crippen molar-refractivity contribution in [2.24, 2.45) is 17.6 Å². The van der Waals surface area contributed by atoms with Gasteiger partial charge < -0.3 is 20.7 Å². The number of carbonyl (C=O) groups excluding carboxylic acids is 2. The second kappa shape index (κ2) is 7.85. The number of methoxy groups -OCH3 is 1. The number of para-hydroxylation sites is 2. The molecular formula is C17H24ClN3O3. The summed E-state index contributed by atoms with van der Waals surface area (Å²) in [5, 5.41) is 3.02. The Morgan fingerprint density at radius 1 is 1.42 bits per heavy atom. The SMILES string of the molecule is COc1ccccc1N1CC(C(=O)NC(CN)C2CC2)CC1=O.Cl. The van der Waals surface area contributed by atoms with Crippen molar-refractivity contribution in [2.45, 2.75) is 25.3 Å². The largest absolute Gasteiger partial charge is 0.495 e. The van der Waals surface area contributed by atoms with E-state index in [1.165, 1.54) is 0 Å². The highest BCUT2D eigenvalue weighted by atomic mass is 35.5. The summed E-state index contributed by atoms with van der Waals surface area (Å²) >= 11 is 0. The van der Waals surface area contributed by atoms with E-state index >= 15 is 0 Å². The van der Waals surface area contributed by atoms with Crippen LogP contribution in [0.1, 0.15) is 19.3 Å². The van der Waals surface area contributed by atoms with Crippen molar-refractivity contribution in [3.63, 3.8) is 0 Å². The molecule has 2 aliphatic rings. The third kappa shape index (κ3) is 3.82. The molecule has 1 saturated heterocycles. The van der Waals surface area contributed by atoms with Gasteiger partial charge in [-0.3, -0.25) is 9.59 Å². The first-order valence-electron chi connectivity index (χ1n) is 8.08. The maximum atomic E-state index is 12.4. The zero-order valence-corrected chi connectivity index (χ0v) is 14.6. The normalized spacial score (nSPS) is 21.2. The molecule has 1 saturated carbocycles. The summed E-state index contributed by atoms with van der Waals surface area (Å²) in [7, 11) is 1.57. The number of anilines is 1. The van der Waals surface area contributed by atoms with Crippen molar-refractivity contribution in [3.8, 4) is 5.75 Å². The van der Waals surface area contributed by atoms with Gasteiger partial charge in [-0.1, -0.05) is 12.1 Å². The lowest BCUT2D eigenvalue weighted by atomic mass is 10.1. The van der Waals surface area contributed by atoms with Crippen molar-refractivity contribution in [2.75, 3.05) is 25.1 Å². The molecule has 0 aromatic heterocycles. The van der Waals surface area contributed by atoms with Crippen molar-refractivity contribution >= 4 is 29.9 Å². The lowest BCUT2D eigenvalue weighted by Crippen LogP contribution is -2.45. The van der Waals surface area contributed by atoms with Crippen LogP contribution in [0, 0.1) is 11.8 Å². The van der Waals surface area contributed by atoms with Crippen LogP contribution in [-0.2, 0) is 9.59 Å². The smallest absolute Gasteiger partial charge is 0.227 e. The molecule has 7 heteroatoms. The van der Waals surface area contributed by atoms with Crippen LogP contribution in [0.5, 0.6) is 5.75 Å². The number of rotatable bonds is 6. The van der Waals surface area contributed by atoms with Gasteiger partial charge in [0.1, 0.15) is 5.75 Å². The summed E-state index contributed by atoms with van der Waals surface area (Å²) in [6, 6.07) is 7.40. The predicted molar refractivity (Wildman–Crippen MR) is 94.4 cm³/mol. The van der Waals surface area contributed by atoms with Gasteiger partial charge in [0.25, 0.3) is 0 Å². The van der Waals surface area contributed by atoms with E-state index in [9.17, 15) is 9.59 Å². The van der Waals surface area contributed by atoms with Gasteiger partial charge in [0, 0.05) is 25.6 Å². The van der Waals surface area contributed by atoms with Gasteiger partial charge in [0.2, 0.25) is 11.8 Å². The van der Waals surface area contributed by atoms with Crippen molar-refractivity contribution < 1.29 is 14.3 Å². The molecule has 0 bridgehead atoms. The Hall–Kier alpha value is -1.79. The fourth-order valence-electron chi connectivity index (χ4n) is 3.14. The number of nitrogens with one attached hydrogen (secondary N) is 1. The molecule has 2 amide bonds. The van der Waals surface area contributed by atoms with Crippen molar-refractivity contribution in [1.82, 2.24) is 5.32 Å². The number of hydrogen-bond acceptors (Lipinski definition) is 4. The van der Waals surface area contributed by atoms with Crippen LogP contribution in [0.15, 0.2) is 24.3 Å². The lowest BCUT2D eigenvalue weighted by Gasteiger charge is -2.21. The molecule has 132 valence electrons. The van der Waals surface area contributed by atoms with Crippen LogP contribution < -0.4 is 20.7 Å². The second-order valence-corrected chi connectivity index (χ2v) is 6.27. The topological polar surface area (TPSA) is 84.7 Å². The Labute approximate surface area is 148 Å². The molecule has 0 radical (unpaired) electrons. The van der Waals surface area contributed by atoms with Gasteiger partial charge in [-0.15, -0.1) is 12.4 Å². The van der Waals surface area contributed by atoms with Crippen LogP contribution >= 0.6 is 12.4 Å². The van der Waals surface area contributed by atoms with E-state index in [-0.39, 0.29) is 42.6 Å².